The van der Waals surface area contributed by atoms with Crippen molar-refractivity contribution in [2.75, 3.05) is 0 Å². The fourth-order valence-electron chi connectivity index (χ4n) is 4.61. The molecule has 0 atom stereocenters. The summed E-state index contributed by atoms with van der Waals surface area (Å²) in [6.07, 6.45) is 8.67. The van der Waals surface area contributed by atoms with Crippen LogP contribution in [0.5, 0.6) is 0 Å². The van der Waals surface area contributed by atoms with Crippen molar-refractivity contribution in [1.29, 1.82) is 0 Å². The molecule has 4 aromatic carbocycles. The molecule has 0 fully saturated rings. The van der Waals surface area contributed by atoms with E-state index in [9.17, 15) is 50.4 Å². The summed E-state index contributed by atoms with van der Waals surface area (Å²) in [5.41, 5.74) is 5.08. The molecule has 0 saturated carbocycles. The van der Waals surface area contributed by atoms with Gasteiger partial charge < -0.3 is 0 Å². The second kappa shape index (κ2) is 11.7. The fraction of sp³-hybridized carbons (Fsp3) is 0.0625. The van der Waals surface area contributed by atoms with Gasteiger partial charge >= 0.3 is 66.0 Å². The molecule has 2 nitrogen and oxygen atoms in total. The van der Waals surface area contributed by atoms with Crippen LogP contribution in [0.1, 0.15) is 11.1 Å². The van der Waals surface area contributed by atoms with Gasteiger partial charge in [-0.05, 0) is 44.8 Å². The summed E-state index contributed by atoms with van der Waals surface area (Å²) in [6.45, 7) is 1.73. The largest absolute Gasteiger partial charge is 0.201 e. The number of rotatable bonds is 5. The maximum absolute atomic E-state index is 10.7. The molecule has 0 aliphatic carbocycles. The zero-order valence-electron chi connectivity index (χ0n) is 24.4. The monoisotopic (exact) mass is 728 g/mol. The van der Waals surface area contributed by atoms with Crippen molar-refractivity contribution >= 4 is 37.2 Å². The molecule has 0 N–H and O–H groups in total. The number of fused-ring (bicyclic) bond motifs is 2. The molecule has 2 aromatic heterocycles. The van der Waals surface area contributed by atoms with Gasteiger partial charge in [-0.3, -0.25) is 0 Å². The van der Waals surface area contributed by atoms with Gasteiger partial charge in [-0.2, -0.15) is 0 Å². The van der Waals surface area contributed by atoms with Crippen molar-refractivity contribution < 1.29 is 59.5 Å². The molecule has 0 saturated heterocycles. The number of hydrogen-bond donors (Lipinski definition) is 0. The summed E-state index contributed by atoms with van der Waals surface area (Å²) in [5.74, 6) is 0. The molecule has 0 radical (unpaired) electrons. The molecular formula is C32H26F12N2P2. The van der Waals surface area contributed by atoms with Gasteiger partial charge in [0.15, 0.2) is 37.9 Å². The Morgan fingerprint density at radius 2 is 0.625 bits per heavy atom. The van der Waals surface area contributed by atoms with Gasteiger partial charge in [0, 0.05) is 35.4 Å². The standard InChI is InChI=1S/C32H26N2.2F6P/c1-3-7-31-21-25(9-11-27(31)5-1)23-33-17-13-29(14-18-33)30-15-19-34(20-16-30)24-26-10-12-28-6-2-4-8-32(28)22-26;2*1-7(2,3,4,5)6/h1-22H,23-24H2;;/q+2;2*-1. The maximum atomic E-state index is 9.87. The van der Waals surface area contributed by atoms with E-state index in [0.717, 1.165) is 13.1 Å². The molecule has 16 heteroatoms. The molecule has 0 unspecified atom stereocenters. The molecule has 0 spiro atoms. The Morgan fingerprint density at radius 1 is 0.354 bits per heavy atom. The normalized spacial score (nSPS) is 14.7. The van der Waals surface area contributed by atoms with Crippen LogP contribution in [0.4, 0.5) is 50.4 Å². The van der Waals surface area contributed by atoms with Gasteiger partial charge in [-0.15, -0.1) is 0 Å². The molecule has 0 amide bonds. The topological polar surface area (TPSA) is 7.76 Å². The molecule has 258 valence electrons. The number of pyridine rings is 2. The molecule has 0 bridgehead atoms. The van der Waals surface area contributed by atoms with E-state index in [-0.39, 0.29) is 0 Å². The van der Waals surface area contributed by atoms with Crippen LogP contribution in [0.25, 0.3) is 32.7 Å². The summed E-state index contributed by atoms with van der Waals surface area (Å²) in [5, 5.41) is 5.15. The summed E-state index contributed by atoms with van der Waals surface area (Å²) in [4.78, 5) is 0. The van der Waals surface area contributed by atoms with E-state index in [1.165, 1.54) is 43.8 Å². The van der Waals surface area contributed by atoms with E-state index in [1.807, 2.05) is 0 Å². The summed E-state index contributed by atoms with van der Waals surface area (Å²) >= 11 is 0. The quantitative estimate of drug-likeness (QED) is 0.0949. The van der Waals surface area contributed by atoms with E-state index >= 15 is 0 Å². The zero-order chi connectivity index (χ0) is 35.6. The average Bonchev–Trinajstić information content (AvgIpc) is 2.95. The van der Waals surface area contributed by atoms with Crippen molar-refractivity contribution in [2.24, 2.45) is 0 Å². The summed E-state index contributed by atoms with van der Waals surface area (Å²) < 4.78 is 123. The van der Waals surface area contributed by atoms with Gasteiger partial charge in [0.1, 0.15) is 0 Å². The van der Waals surface area contributed by atoms with Gasteiger partial charge in [0.25, 0.3) is 0 Å². The number of hydrogen-bond acceptors (Lipinski definition) is 0. The predicted octanol–water partition coefficient (Wildman–Crippen LogP) is 13.1. The molecule has 48 heavy (non-hydrogen) atoms. The van der Waals surface area contributed by atoms with E-state index in [2.05, 4.69) is 143 Å². The Morgan fingerprint density at radius 3 is 0.917 bits per heavy atom. The molecule has 6 rings (SSSR count). The van der Waals surface area contributed by atoms with Gasteiger partial charge in [0.05, 0.1) is 0 Å². The molecule has 6 aromatic rings. The SMILES string of the molecule is F[P-](F)(F)(F)(F)F.F[P-](F)(F)(F)(F)F.c1ccc2cc(C[n+]3ccc(-c4cc[n+](Cc5ccc6ccccc6c5)cc4)cc3)ccc2c1. The van der Waals surface area contributed by atoms with Crippen LogP contribution in [0.15, 0.2) is 134 Å². The van der Waals surface area contributed by atoms with Crippen molar-refractivity contribution in [2.45, 2.75) is 13.1 Å². The molecular weight excluding hydrogens is 702 g/mol. The van der Waals surface area contributed by atoms with Crippen LogP contribution in [-0.4, -0.2) is 0 Å². The second-order valence-electron chi connectivity index (χ2n) is 10.8. The zero-order valence-corrected chi connectivity index (χ0v) is 26.2. The summed E-state index contributed by atoms with van der Waals surface area (Å²) in [7, 11) is -21.3. The van der Waals surface area contributed by atoms with Gasteiger partial charge in [-0.25, -0.2) is 9.13 Å². The first-order valence-electron chi connectivity index (χ1n) is 13.8. The van der Waals surface area contributed by atoms with E-state index in [0.29, 0.717) is 0 Å². The molecule has 0 aliphatic heterocycles. The number of nitrogens with zero attached hydrogens (tertiary/aromatic N) is 2. The van der Waals surface area contributed by atoms with E-state index < -0.39 is 15.6 Å². The van der Waals surface area contributed by atoms with Crippen LogP contribution >= 0.6 is 15.6 Å². The van der Waals surface area contributed by atoms with Gasteiger partial charge in [0.2, 0.25) is 0 Å². The van der Waals surface area contributed by atoms with Crippen LogP contribution in [0, 0.1) is 0 Å². The Hall–Kier alpha value is -4.28. The number of halogens is 12. The minimum atomic E-state index is -10.7. The molecule has 2 heterocycles. The minimum absolute atomic E-state index is 0.867. The third kappa shape index (κ3) is 15.1. The molecule has 0 aliphatic rings. The second-order valence-corrected chi connectivity index (χ2v) is 14.6. The summed E-state index contributed by atoms with van der Waals surface area (Å²) in [6, 6.07) is 39.2. The predicted molar refractivity (Wildman–Crippen MR) is 166 cm³/mol. The maximum Gasteiger partial charge on any atom is 0.173 e. The van der Waals surface area contributed by atoms with Crippen molar-refractivity contribution in [3.8, 4) is 11.1 Å². The fourth-order valence-corrected chi connectivity index (χ4v) is 4.61. The average molecular weight is 728 g/mol. The first kappa shape index (κ1) is 36.6. The Bertz CT molecular complexity index is 1880. The van der Waals surface area contributed by atoms with E-state index in [1.54, 1.807) is 0 Å². The van der Waals surface area contributed by atoms with Crippen LogP contribution in [0.3, 0.4) is 0 Å². The third-order valence-corrected chi connectivity index (χ3v) is 6.47. The van der Waals surface area contributed by atoms with E-state index in [4.69, 9.17) is 0 Å². The van der Waals surface area contributed by atoms with Crippen LogP contribution in [-0.2, 0) is 13.1 Å². The smallest absolute Gasteiger partial charge is 0.173 e. The Kier molecular flexibility index (Phi) is 8.91. The number of benzene rings is 4. The van der Waals surface area contributed by atoms with Crippen molar-refractivity contribution in [3.63, 3.8) is 0 Å². The van der Waals surface area contributed by atoms with Crippen molar-refractivity contribution in [3.05, 3.63) is 145 Å². The Labute approximate surface area is 266 Å². The minimum Gasteiger partial charge on any atom is -0.201 e. The third-order valence-electron chi connectivity index (χ3n) is 6.47. The van der Waals surface area contributed by atoms with Gasteiger partial charge in [-0.1, -0.05) is 72.8 Å². The first-order valence-corrected chi connectivity index (χ1v) is 17.8. The van der Waals surface area contributed by atoms with Crippen molar-refractivity contribution in [1.82, 2.24) is 0 Å². The first-order chi connectivity index (χ1) is 21.7. The Balaban J connectivity index is 0.000000314. The van der Waals surface area contributed by atoms with Crippen LogP contribution in [0.2, 0.25) is 0 Å². The number of aromatic nitrogens is 2. The van der Waals surface area contributed by atoms with Crippen LogP contribution < -0.4 is 9.13 Å².